The van der Waals surface area contributed by atoms with Gasteiger partial charge >= 0.3 is 12.1 Å². The van der Waals surface area contributed by atoms with Crippen LogP contribution in [0, 0.1) is 0 Å². The minimum Gasteiger partial charge on any atom is -0.478 e. The predicted octanol–water partition coefficient (Wildman–Crippen LogP) is 7.60. The number of benzene rings is 1. The summed E-state index contributed by atoms with van der Waals surface area (Å²) in [7, 11) is 0. The zero-order chi connectivity index (χ0) is 21.4. The zero-order valence-electron chi connectivity index (χ0n) is 17.1. The van der Waals surface area contributed by atoms with Crippen molar-refractivity contribution in [3.8, 4) is 0 Å². The molecule has 6 heteroatoms. The van der Waals surface area contributed by atoms with Crippen molar-refractivity contribution in [1.29, 1.82) is 0 Å². The van der Waals surface area contributed by atoms with E-state index in [-0.39, 0.29) is 6.42 Å². The number of halogens is 3. The number of carboxylic acids is 1. The van der Waals surface area contributed by atoms with Crippen LogP contribution in [0.1, 0.15) is 87.4 Å². The van der Waals surface area contributed by atoms with Crippen molar-refractivity contribution >= 4 is 11.7 Å². The van der Waals surface area contributed by atoms with Gasteiger partial charge in [0, 0.05) is 18.7 Å². The highest BCUT2D eigenvalue weighted by Crippen LogP contribution is 2.23. The van der Waals surface area contributed by atoms with Gasteiger partial charge in [-0.25, -0.2) is 4.79 Å². The first-order valence-corrected chi connectivity index (χ1v) is 10.7. The Hall–Kier alpha value is -1.98. The number of rotatable bonds is 16. The van der Waals surface area contributed by atoms with Gasteiger partial charge in [-0.2, -0.15) is 13.2 Å². The van der Waals surface area contributed by atoms with Gasteiger partial charge in [0.15, 0.2) is 0 Å². The van der Waals surface area contributed by atoms with Crippen LogP contribution in [0.25, 0.3) is 0 Å². The maximum atomic E-state index is 12.0. The van der Waals surface area contributed by atoms with Crippen molar-refractivity contribution < 1.29 is 23.1 Å². The van der Waals surface area contributed by atoms with Crippen molar-refractivity contribution in [1.82, 2.24) is 0 Å². The van der Waals surface area contributed by atoms with E-state index in [1.165, 1.54) is 12.8 Å². The average molecular weight is 414 g/mol. The van der Waals surface area contributed by atoms with Crippen LogP contribution in [0.2, 0.25) is 0 Å². The van der Waals surface area contributed by atoms with Crippen molar-refractivity contribution in [2.45, 2.75) is 83.2 Å². The largest absolute Gasteiger partial charge is 0.478 e. The Balaban J connectivity index is 1.86. The lowest BCUT2D eigenvalue weighted by molar-refractivity contribution is -0.135. The fourth-order valence-corrected chi connectivity index (χ4v) is 3.06. The van der Waals surface area contributed by atoms with E-state index in [0.717, 1.165) is 57.2 Å². The standard InChI is InChI=1S/C23H34F3NO2/c24-23(25,26)18-12-10-8-6-4-2-1-3-5-7-9-11-13-19-27-21-16-14-20(15-17-21)22(28)29/h1,3,14-17,27H,2,4-13,18-19H2,(H,28,29). The Morgan fingerprint density at radius 1 is 0.828 bits per heavy atom. The maximum Gasteiger partial charge on any atom is 0.389 e. The monoisotopic (exact) mass is 413 g/mol. The fourth-order valence-electron chi connectivity index (χ4n) is 3.06. The van der Waals surface area contributed by atoms with Crippen LogP contribution in [0.5, 0.6) is 0 Å². The van der Waals surface area contributed by atoms with E-state index in [9.17, 15) is 18.0 Å². The number of nitrogens with one attached hydrogen (secondary N) is 1. The highest BCUT2D eigenvalue weighted by molar-refractivity contribution is 5.87. The minimum absolute atomic E-state index is 0.256. The lowest BCUT2D eigenvalue weighted by atomic mass is 10.1. The van der Waals surface area contributed by atoms with Crippen LogP contribution >= 0.6 is 0 Å². The Bertz CT molecular complexity index is 583. The smallest absolute Gasteiger partial charge is 0.389 e. The third-order valence-electron chi connectivity index (χ3n) is 4.76. The summed E-state index contributed by atoms with van der Waals surface area (Å²) in [6.07, 6.45) is 10.3. The molecule has 2 N–H and O–H groups in total. The van der Waals surface area contributed by atoms with E-state index < -0.39 is 18.6 Å². The minimum atomic E-state index is -4.00. The van der Waals surface area contributed by atoms with E-state index in [1.807, 2.05) is 0 Å². The molecule has 0 heterocycles. The first-order valence-electron chi connectivity index (χ1n) is 10.7. The molecule has 0 amide bonds. The molecule has 3 nitrogen and oxygen atoms in total. The second-order valence-electron chi connectivity index (χ2n) is 7.41. The maximum absolute atomic E-state index is 12.0. The lowest BCUT2D eigenvalue weighted by Crippen LogP contribution is -2.06. The highest BCUT2D eigenvalue weighted by Gasteiger charge is 2.25. The van der Waals surface area contributed by atoms with Crippen LogP contribution in [0.15, 0.2) is 36.4 Å². The molecule has 0 aromatic heterocycles. The topological polar surface area (TPSA) is 49.3 Å². The number of aromatic carboxylic acids is 1. The van der Waals surface area contributed by atoms with Crippen molar-refractivity contribution in [3.63, 3.8) is 0 Å². The summed E-state index contributed by atoms with van der Waals surface area (Å²) in [5.74, 6) is -0.912. The van der Waals surface area contributed by atoms with Gasteiger partial charge in [-0.3, -0.25) is 0 Å². The molecule has 1 rings (SSSR count). The summed E-state index contributed by atoms with van der Waals surface area (Å²) in [6.45, 7) is 0.880. The molecule has 0 radical (unpaired) electrons. The number of carboxylic acid groups (broad SMARTS) is 1. The third kappa shape index (κ3) is 14.6. The molecule has 0 aliphatic rings. The average Bonchev–Trinajstić information content (AvgIpc) is 2.67. The Morgan fingerprint density at radius 3 is 1.90 bits per heavy atom. The van der Waals surface area contributed by atoms with Gasteiger partial charge in [0.25, 0.3) is 0 Å². The Kier molecular flexibility index (Phi) is 12.9. The van der Waals surface area contributed by atoms with Gasteiger partial charge < -0.3 is 10.4 Å². The number of unbranched alkanes of at least 4 members (excludes halogenated alkanes) is 9. The Labute approximate surface area is 172 Å². The quantitative estimate of drug-likeness (QED) is 0.217. The second kappa shape index (κ2) is 14.9. The van der Waals surface area contributed by atoms with Gasteiger partial charge in [-0.05, 0) is 62.8 Å². The Morgan fingerprint density at radius 2 is 1.34 bits per heavy atom. The fraction of sp³-hybridized carbons (Fsp3) is 0.609. The molecule has 0 saturated carbocycles. The summed E-state index contributed by atoms with van der Waals surface area (Å²) in [5, 5.41) is 12.2. The normalized spacial score (nSPS) is 11.8. The first-order chi connectivity index (χ1) is 13.9. The summed E-state index contributed by atoms with van der Waals surface area (Å²) >= 11 is 0. The predicted molar refractivity (Wildman–Crippen MR) is 112 cm³/mol. The molecule has 0 bridgehead atoms. The van der Waals surface area contributed by atoms with Crippen molar-refractivity contribution in [2.75, 3.05) is 11.9 Å². The van der Waals surface area contributed by atoms with E-state index in [0.29, 0.717) is 12.0 Å². The number of allylic oxidation sites excluding steroid dienone is 2. The first kappa shape index (κ1) is 25.1. The molecule has 0 aliphatic carbocycles. The summed E-state index contributed by atoms with van der Waals surface area (Å²) in [4.78, 5) is 10.8. The van der Waals surface area contributed by atoms with E-state index in [2.05, 4.69) is 17.5 Å². The van der Waals surface area contributed by atoms with E-state index >= 15 is 0 Å². The molecule has 1 aromatic rings. The van der Waals surface area contributed by atoms with Gasteiger partial charge in [0.05, 0.1) is 5.56 Å². The van der Waals surface area contributed by atoms with Gasteiger partial charge in [-0.1, -0.05) is 44.3 Å². The lowest BCUT2D eigenvalue weighted by Gasteiger charge is -2.06. The van der Waals surface area contributed by atoms with Gasteiger partial charge in [-0.15, -0.1) is 0 Å². The SMILES string of the molecule is O=C(O)c1ccc(NCCCCCCC=CCCCCCCCC(F)(F)F)cc1. The molecule has 0 spiro atoms. The van der Waals surface area contributed by atoms with E-state index in [4.69, 9.17) is 5.11 Å². The number of alkyl halides is 3. The van der Waals surface area contributed by atoms with Crippen LogP contribution in [0.4, 0.5) is 18.9 Å². The molecular formula is C23H34F3NO2. The number of hydrogen-bond acceptors (Lipinski definition) is 2. The van der Waals surface area contributed by atoms with E-state index in [1.54, 1.807) is 24.3 Å². The molecule has 0 atom stereocenters. The second-order valence-corrected chi connectivity index (χ2v) is 7.41. The summed E-state index contributed by atoms with van der Waals surface area (Å²) in [5.41, 5.74) is 1.24. The van der Waals surface area contributed by atoms with Gasteiger partial charge in [0.1, 0.15) is 0 Å². The molecular weight excluding hydrogens is 379 g/mol. The molecule has 0 aliphatic heterocycles. The van der Waals surface area contributed by atoms with Crippen molar-refractivity contribution in [2.24, 2.45) is 0 Å². The number of carbonyl (C=O) groups is 1. The van der Waals surface area contributed by atoms with Gasteiger partial charge in [0.2, 0.25) is 0 Å². The summed E-state index contributed by atoms with van der Waals surface area (Å²) < 4.78 is 36.0. The molecule has 1 aromatic carbocycles. The number of hydrogen-bond donors (Lipinski definition) is 2. The zero-order valence-corrected chi connectivity index (χ0v) is 17.1. The molecule has 0 unspecified atom stereocenters. The molecule has 0 fully saturated rings. The molecule has 29 heavy (non-hydrogen) atoms. The van der Waals surface area contributed by atoms with Crippen LogP contribution in [-0.2, 0) is 0 Å². The van der Waals surface area contributed by atoms with Crippen molar-refractivity contribution in [3.05, 3.63) is 42.0 Å². The molecule has 0 saturated heterocycles. The number of anilines is 1. The summed E-state index contributed by atoms with van der Waals surface area (Å²) in [6, 6.07) is 6.78. The van der Waals surface area contributed by atoms with Crippen LogP contribution in [0.3, 0.4) is 0 Å². The highest BCUT2D eigenvalue weighted by atomic mass is 19.4. The molecule has 164 valence electrons. The van der Waals surface area contributed by atoms with Crippen LogP contribution in [-0.4, -0.2) is 23.8 Å². The van der Waals surface area contributed by atoms with Crippen LogP contribution < -0.4 is 5.32 Å². The third-order valence-corrected chi connectivity index (χ3v) is 4.76.